The van der Waals surface area contributed by atoms with Gasteiger partial charge in [0.25, 0.3) is 5.91 Å². The summed E-state index contributed by atoms with van der Waals surface area (Å²) in [6.45, 7) is 8.35. The first-order valence-electron chi connectivity index (χ1n) is 9.03. The van der Waals surface area contributed by atoms with Crippen LogP contribution in [0.4, 0.5) is 5.69 Å². The third-order valence-electron chi connectivity index (χ3n) is 4.62. The molecule has 0 fully saturated rings. The molecule has 4 heteroatoms. The molecular formula is C22H25N3O. The fraction of sp³-hybridized carbons (Fsp3) is 0.273. The van der Waals surface area contributed by atoms with Crippen molar-refractivity contribution in [3.63, 3.8) is 0 Å². The Balaban J connectivity index is 1.79. The fourth-order valence-electron chi connectivity index (χ4n) is 3.13. The monoisotopic (exact) mass is 347 g/mol. The van der Waals surface area contributed by atoms with E-state index in [1.165, 1.54) is 16.8 Å². The van der Waals surface area contributed by atoms with Crippen molar-refractivity contribution < 1.29 is 4.79 Å². The molecule has 0 saturated heterocycles. The van der Waals surface area contributed by atoms with Gasteiger partial charge in [0.05, 0.1) is 11.4 Å². The lowest BCUT2D eigenvalue weighted by atomic mass is 10.1. The van der Waals surface area contributed by atoms with Crippen molar-refractivity contribution in [2.45, 2.75) is 40.5 Å². The summed E-state index contributed by atoms with van der Waals surface area (Å²) in [5.74, 6) is -0.111. The van der Waals surface area contributed by atoms with E-state index in [-0.39, 0.29) is 5.91 Å². The van der Waals surface area contributed by atoms with E-state index in [4.69, 9.17) is 0 Å². The van der Waals surface area contributed by atoms with Crippen LogP contribution in [0, 0.1) is 20.8 Å². The minimum absolute atomic E-state index is 0.111. The standard InChI is InChI=1S/C22H25N3O/c1-5-6-21-16(3)24-25(17(21)4)20-13-9-18(10-14-20)22(26)23-19-11-7-15(2)8-12-19/h7-14H,5-6H2,1-4H3,(H,23,26). The molecule has 0 aliphatic carbocycles. The van der Waals surface area contributed by atoms with Crippen LogP contribution in [0.2, 0.25) is 0 Å². The van der Waals surface area contributed by atoms with Crippen molar-refractivity contribution in [2.24, 2.45) is 0 Å². The van der Waals surface area contributed by atoms with Crippen LogP contribution in [-0.2, 0) is 6.42 Å². The molecule has 4 nitrogen and oxygen atoms in total. The summed E-state index contributed by atoms with van der Waals surface area (Å²) in [6, 6.07) is 15.4. The molecule has 0 bridgehead atoms. The third-order valence-corrected chi connectivity index (χ3v) is 4.62. The van der Waals surface area contributed by atoms with Crippen LogP contribution < -0.4 is 5.32 Å². The summed E-state index contributed by atoms with van der Waals surface area (Å²) in [6.07, 6.45) is 2.14. The van der Waals surface area contributed by atoms with E-state index in [2.05, 4.69) is 31.2 Å². The van der Waals surface area contributed by atoms with Gasteiger partial charge in [0.15, 0.2) is 0 Å². The van der Waals surface area contributed by atoms with E-state index < -0.39 is 0 Å². The Morgan fingerprint density at radius 3 is 2.27 bits per heavy atom. The normalized spacial score (nSPS) is 10.8. The lowest BCUT2D eigenvalue weighted by Crippen LogP contribution is -2.12. The molecule has 2 aromatic carbocycles. The van der Waals surface area contributed by atoms with Crippen molar-refractivity contribution in [3.8, 4) is 5.69 Å². The predicted octanol–water partition coefficient (Wildman–Crippen LogP) is 5.00. The van der Waals surface area contributed by atoms with Crippen LogP contribution in [0.3, 0.4) is 0 Å². The first-order chi connectivity index (χ1) is 12.5. The molecule has 1 heterocycles. The Labute approximate surface area is 154 Å². The largest absolute Gasteiger partial charge is 0.322 e. The van der Waals surface area contributed by atoms with Crippen LogP contribution in [0.5, 0.6) is 0 Å². The zero-order valence-corrected chi connectivity index (χ0v) is 15.8. The van der Waals surface area contributed by atoms with E-state index >= 15 is 0 Å². The van der Waals surface area contributed by atoms with Gasteiger partial charge >= 0.3 is 0 Å². The second-order valence-corrected chi connectivity index (χ2v) is 6.68. The number of carbonyl (C=O) groups excluding carboxylic acids is 1. The Morgan fingerprint density at radius 2 is 1.65 bits per heavy atom. The van der Waals surface area contributed by atoms with Crippen LogP contribution in [0.25, 0.3) is 5.69 Å². The second kappa shape index (κ2) is 7.56. The number of benzene rings is 2. The molecule has 0 aliphatic rings. The van der Waals surface area contributed by atoms with Crippen LogP contribution in [-0.4, -0.2) is 15.7 Å². The van der Waals surface area contributed by atoms with Gasteiger partial charge in [-0.3, -0.25) is 4.79 Å². The molecular weight excluding hydrogens is 322 g/mol. The summed E-state index contributed by atoms with van der Waals surface area (Å²) >= 11 is 0. The maximum Gasteiger partial charge on any atom is 0.255 e. The van der Waals surface area contributed by atoms with Gasteiger partial charge < -0.3 is 5.32 Å². The minimum Gasteiger partial charge on any atom is -0.322 e. The number of hydrogen-bond donors (Lipinski definition) is 1. The molecule has 134 valence electrons. The summed E-state index contributed by atoms with van der Waals surface area (Å²) < 4.78 is 1.96. The fourth-order valence-corrected chi connectivity index (χ4v) is 3.13. The summed E-state index contributed by atoms with van der Waals surface area (Å²) in [4.78, 5) is 12.4. The lowest BCUT2D eigenvalue weighted by Gasteiger charge is -2.08. The number of nitrogens with one attached hydrogen (secondary N) is 1. The smallest absolute Gasteiger partial charge is 0.255 e. The number of aryl methyl sites for hydroxylation is 2. The van der Waals surface area contributed by atoms with Gasteiger partial charge in [0, 0.05) is 16.9 Å². The van der Waals surface area contributed by atoms with Gasteiger partial charge in [-0.05, 0) is 69.2 Å². The molecule has 1 aromatic heterocycles. The zero-order chi connectivity index (χ0) is 18.7. The highest BCUT2D eigenvalue weighted by Gasteiger charge is 2.13. The minimum atomic E-state index is -0.111. The van der Waals surface area contributed by atoms with Gasteiger partial charge in [-0.15, -0.1) is 0 Å². The molecule has 0 aliphatic heterocycles. The summed E-state index contributed by atoms with van der Waals surface area (Å²) in [5, 5.41) is 7.59. The number of amides is 1. The van der Waals surface area contributed by atoms with Crippen LogP contribution >= 0.6 is 0 Å². The number of nitrogens with zero attached hydrogens (tertiary/aromatic N) is 2. The molecule has 1 amide bonds. The van der Waals surface area contributed by atoms with Gasteiger partial charge in [-0.2, -0.15) is 5.10 Å². The van der Waals surface area contributed by atoms with Crippen molar-refractivity contribution >= 4 is 11.6 Å². The van der Waals surface area contributed by atoms with Gasteiger partial charge in [0.1, 0.15) is 0 Å². The highest BCUT2D eigenvalue weighted by atomic mass is 16.1. The Bertz CT molecular complexity index is 906. The molecule has 26 heavy (non-hydrogen) atoms. The summed E-state index contributed by atoms with van der Waals surface area (Å²) in [7, 11) is 0. The third kappa shape index (κ3) is 3.69. The molecule has 0 atom stereocenters. The van der Waals surface area contributed by atoms with Gasteiger partial charge in [-0.1, -0.05) is 31.0 Å². The van der Waals surface area contributed by atoms with Crippen LogP contribution in [0.1, 0.15) is 46.2 Å². The first-order valence-corrected chi connectivity index (χ1v) is 9.03. The molecule has 1 N–H and O–H groups in total. The molecule has 0 radical (unpaired) electrons. The van der Waals surface area contributed by atoms with Gasteiger partial charge in [0.2, 0.25) is 0 Å². The quantitative estimate of drug-likeness (QED) is 0.706. The van der Waals surface area contributed by atoms with E-state index in [9.17, 15) is 4.79 Å². The Hall–Kier alpha value is -2.88. The highest BCUT2D eigenvalue weighted by molar-refractivity contribution is 6.04. The number of carbonyl (C=O) groups is 1. The zero-order valence-electron chi connectivity index (χ0n) is 15.8. The maximum atomic E-state index is 12.4. The van der Waals surface area contributed by atoms with E-state index in [1.54, 1.807) is 0 Å². The van der Waals surface area contributed by atoms with E-state index in [0.717, 1.165) is 29.9 Å². The number of aromatic nitrogens is 2. The van der Waals surface area contributed by atoms with Crippen LogP contribution in [0.15, 0.2) is 48.5 Å². The topological polar surface area (TPSA) is 46.9 Å². The molecule has 3 rings (SSSR count). The lowest BCUT2D eigenvalue weighted by molar-refractivity contribution is 0.102. The Morgan fingerprint density at radius 1 is 1.00 bits per heavy atom. The Kier molecular flexibility index (Phi) is 5.21. The summed E-state index contributed by atoms with van der Waals surface area (Å²) in [5.41, 5.74) is 7.12. The molecule has 3 aromatic rings. The molecule has 0 unspecified atom stereocenters. The van der Waals surface area contributed by atoms with Crippen molar-refractivity contribution in [3.05, 3.63) is 76.6 Å². The van der Waals surface area contributed by atoms with E-state index in [0.29, 0.717) is 5.56 Å². The van der Waals surface area contributed by atoms with E-state index in [1.807, 2.05) is 60.1 Å². The van der Waals surface area contributed by atoms with Crippen molar-refractivity contribution in [1.29, 1.82) is 0 Å². The average Bonchev–Trinajstić information content (AvgIpc) is 2.92. The number of anilines is 1. The van der Waals surface area contributed by atoms with Crippen molar-refractivity contribution in [1.82, 2.24) is 9.78 Å². The molecule has 0 saturated carbocycles. The maximum absolute atomic E-state index is 12.4. The number of rotatable bonds is 5. The average molecular weight is 347 g/mol. The first kappa shape index (κ1) is 17.9. The molecule has 0 spiro atoms. The number of hydrogen-bond acceptors (Lipinski definition) is 2. The van der Waals surface area contributed by atoms with Gasteiger partial charge in [-0.25, -0.2) is 4.68 Å². The van der Waals surface area contributed by atoms with Crippen molar-refractivity contribution in [2.75, 3.05) is 5.32 Å². The second-order valence-electron chi connectivity index (χ2n) is 6.68. The predicted molar refractivity (Wildman–Crippen MR) is 106 cm³/mol. The SMILES string of the molecule is CCCc1c(C)nn(-c2ccc(C(=O)Nc3ccc(C)cc3)cc2)c1C. The highest BCUT2D eigenvalue weighted by Crippen LogP contribution is 2.20.